The van der Waals surface area contributed by atoms with E-state index >= 15 is 0 Å². The Hall–Kier alpha value is -1.59. The van der Waals surface area contributed by atoms with Crippen LogP contribution in [-0.2, 0) is 9.59 Å². The highest BCUT2D eigenvalue weighted by atomic mass is 35.5. The summed E-state index contributed by atoms with van der Waals surface area (Å²) in [5.41, 5.74) is 6.56. The highest BCUT2D eigenvalue weighted by molar-refractivity contribution is 5.95. The van der Waals surface area contributed by atoms with Crippen molar-refractivity contribution in [1.82, 2.24) is 4.90 Å². The molecule has 0 aromatic heterocycles. The minimum Gasteiger partial charge on any atom is -0.335 e. The van der Waals surface area contributed by atoms with Gasteiger partial charge < -0.3 is 16.0 Å². The van der Waals surface area contributed by atoms with E-state index in [-0.39, 0.29) is 30.8 Å². The Morgan fingerprint density at radius 1 is 1.25 bits per heavy atom. The van der Waals surface area contributed by atoms with E-state index in [0.29, 0.717) is 5.69 Å². The molecular formula is C14H22ClN3O2. The standard InChI is InChI=1S/C14H21N3O2.ClH/c1-10-5-7-11(8-6-10)16-12(18)9-17(4)13(19)14(2,3)15;/h5-8H,9,15H2,1-4H3,(H,16,18);1H. The fourth-order valence-electron chi connectivity index (χ4n) is 1.62. The Balaban J connectivity index is 0.00000361. The van der Waals surface area contributed by atoms with E-state index in [0.717, 1.165) is 5.56 Å². The first-order chi connectivity index (χ1) is 8.70. The van der Waals surface area contributed by atoms with Gasteiger partial charge in [-0.25, -0.2) is 0 Å². The van der Waals surface area contributed by atoms with Gasteiger partial charge in [-0.3, -0.25) is 9.59 Å². The number of nitrogens with zero attached hydrogens (tertiary/aromatic N) is 1. The van der Waals surface area contributed by atoms with Crippen LogP contribution < -0.4 is 11.1 Å². The number of hydrogen-bond acceptors (Lipinski definition) is 3. The van der Waals surface area contributed by atoms with Crippen LogP contribution in [-0.4, -0.2) is 35.8 Å². The maximum Gasteiger partial charge on any atom is 0.243 e. The third-order valence-corrected chi connectivity index (χ3v) is 2.61. The minimum absolute atomic E-state index is 0. The highest BCUT2D eigenvalue weighted by Crippen LogP contribution is 2.09. The Kier molecular flexibility index (Phi) is 6.68. The van der Waals surface area contributed by atoms with Crippen LogP contribution in [0.4, 0.5) is 5.69 Å². The number of halogens is 1. The molecule has 112 valence electrons. The van der Waals surface area contributed by atoms with Gasteiger partial charge in [0.15, 0.2) is 0 Å². The molecule has 0 atom stereocenters. The lowest BCUT2D eigenvalue weighted by atomic mass is 10.1. The molecule has 0 radical (unpaired) electrons. The minimum atomic E-state index is -0.973. The van der Waals surface area contributed by atoms with Crippen LogP contribution in [0.25, 0.3) is 0 Å². The molecule has 3 N–H and O–H groups in total. The number of rotatable bonds is 4. The molecule has 0 spiro atoms. The van der Waals surface area contributed by atoms with Crippen LogP contribution in [0, 0.1) is 6.92 Å². The molecule has 0 aliphatic rings. The molecule has 0 saturated carbocycles. The van der Waals surface area contributed by atoms with Gasteiger partial charge in [-0.15, -0.1) is 12.4 Å². The maximum atomic E-state index is 11.8. The van der Waals surface area contributed by atoms with Gasteiger partial charge in [0.2, 0.25) is 11.8 Å². The largest absolute Gasteiger partial charge is 0.335 e. The van der Waals surface area contributed by atoms with E-state index in [1.807, 2.05) is 31.2 Å². The quantitative estimate of drug-likeness (QED) is 0.886. The van der Waals surface area contributed by atoms with E-state index in [4.69, 9.17) is 5.73 Å². The summed E-state index contributed by atoms with van der Waals surface area (Å²) in [7, 11) is 1.56. The maximum absolute atomic E-state index is 11.8. The molecule has 0 saturated heterocycles. The van der Waals surface area contributed by atoms with Gasteiger partial charge >= 0.3 is 0 Å². The second kappa shape index (κ2) is 7.26. The molecule has 0 aliphatic heterocycles. The summed E-state index contributed by atoms with van der Waals surface area (Å²) in [5.74, 6) is -0.518. The molecule has 0 unspecified atom stereocenters. The molecule has 0 fully saturated rings. The molecule has 1 rings (SSSR count). The van der Waals surface area contributed by atoms with E-state index in [9.17, 15) is 9.59 Å². The van der Waals surface area contributed by atoms with E-state index < -0.39 is 5.54 Å². The van der Waals surface area contributed by atoms with Crippen LogP contribution in [0.15, 0.2) is 24.3 Å². The molecule has 20 heavy (non-hydrogen) atoms. The molecule has 5 nitrogen and oxygen atoms in total. The van der Waals surface area contributed by atoms with Crippen molar-refractivity contribution in [2.45, 2.75) is 26.3 Å². The summed E-state index contributed by atoms with van der Waals surface area (Å²) in [6, 6.07) is 7.46. The zero-order valence-corrected chi connectivity index (χ0v) is 13.1. The van der Waals surface area contributed by atoms with E-state index in [1.54, 1.807) is 20.9 Å². The molecule has 6 heteroatoms. The Morgan fingerprint density at radius 2 is 1.75 bits per heavy atom. The first-order valence-corrected chi connectivity index (χ1v) is 6.11. The Bertz CT molecular complexity index is 466. The predicted octanol–water partition coefficient (Wildman–Crippen LogP) is 1.55. The van der Waals surface area contributed by atoms with Crippen LogP contribution in [0.3, 0.4) is 0 Å². The van der Waals surface area contributed by atoms with Gasteiger partial charge in [0.25, 0.3) is 0 Å². The van der Waals surface area contributed by atoms with Gasteiger partial charge in [0, 0.05) is 12.7 Å². The number of carbonyl (C=O) groups is 2. The van der Waals surface area contributed by atoms with E-state index in [2.05, 4.69) is 5.32 Å². The van der Waals surface area contributed by atoms with Gasteiger partial charge in [0.05, 0.1) is 12.1 Å². The highest BCUT2D eigenvalue weighted by Gasteiger charge is 2.26. The predicted molar refractivity (Wildman–Crippen MR) is 83.0 cm³/mol. The number of hydrogen-bond donors (Lipinski definition) is 2. The lowest BCUT2D eigenvalue weighted by Crippen LogP contribution is -2.51. The normalized spacial score (nSPS) is 10.4. The molecule has 0 aliphatic carbocycles. The van der Waals surface area contributed by atoms with Crippen molar-refractivity contribution in [3.63, 3.8) is 0 Å². The van der Waals surface area contributed by atoms with Crippen molar-refractivity contribution in [2.24, 2.45) is 5.73 Å². The van der Waals surface area contributed by atoms with Crippen molar-refractivity contribution >= 4 is 29.9 Å². The zero-order valence-electron chi connectivity index (χ0n) is 12.3. The number of amides is 2. The average molecular weight is 300 g/mol. The van der Waals surface area contributed by atoms with Crippen LogP contribution in [0.1, 0.15) is 19.4 Å². The average Bonchev–Trinajstić information content (AvgIpc) is 2.29. The van der Waals surface area contributed by atoms with Gasteiger partial charge in [-0.05, 0) is 32.9 Å². The van der Waals surface area contributed by atoms with Crippen molar-refractivity contribution in [1.29, 1.82) is 0 Å². The fraction of sp³-hybridized carbons (Fsp3) is 0.429. The van der Waals surface area contributed by atoms with Crippen molar-refractivity contribution in [3.05, 3.63) is 29.8 Å². The van der Waals surface area contributed by atoms with Crippen LogP contribution in [0.2, 0.25) is 0 Å². The smallest absolute Gasteiger partial charge is 0.243 e. The van der Waals surface area contributed by atoms with Crippen molar-refractivity contribution in [2.75, 3.05) is 18.9 Å². The SMILES string of the molecule is Cc1ccc(NC(=O)CN(C)C(=O)C(C)(C)N)cc1.Cl. The number of carbonyl (C=O) groups excluding carboxylic acids is 2. The molecule has 2 amide bonds. The third-order valence-electron chi connectivity index (χ3n) is 2.61. The summed E-state index contributed by atoms with van der Waals surface area (Å²) < 4.78 is 0. The summed E-state index contributed by atoms with van der Waals surface area (Å²) in [6.45, 7) is 5.18. The topological polar surface area (TPSA) is 75.4 Å². The lowest BCUT2D eigenvalue weighted by Gasteiger charge is -2.25. The van der Waals surface area contributed by atoms with E-state index in [1.165, 1.54) is 4.90 Å². The van der Waals surface area contributed by atoms with Crippen LogP contribution in [0.5, 0.6) is 0 Å². The van der Waals surface area contributed by atoms with Crippen LogP contribution >= 0.6 is 12.4 Å². The molecule has 1 aromatic carbocycles. The third kappa shape index (κ3) is 5.59. The second-order valence-corrected chi connectivity index (χ2v) is 5.30. The first kappa shape index (κ1) is 18.4. The fourth-order valence-corrected chi connectivity index (χ4v) is 1.62. The Morgan fingerprint density at radius 3 is 2.20 bits per heavy atom. The molecule has 1 aromatic rings. The second-order valence-electron chi connectivity index (χ2n) is 5.30. The molecule has 0 bridgehead atoms. The Labute approximate surface area is 125 Å². The number of aryl methyl sites for hydroxylation is 1. The molecule has 0 heterocycles. The number of anilines is 1. The monoisotopic (exact) mass is 299 g/mol. The summed E-state index contributed by atoms with van der Waals surface area (Å²) >= 11 is 0. The lowest BCUT2D eigenvalue weighted by molar-refractivity contribution is -0.137. The number of benzene rings is 1. The zero-order chi connectivity index (χ0) is 14.6. The van der Waals surface area contributed by atoms with Gasteiger partial charge in [0.1, 0.15) is 0 Å². The summed E-state index contributed by atoms with van der Waals surface area (Å²) in [5, 5.41) is 2.73. The van der Waals surface area contributed by atoms with Crippen molar-refractivity contribution in [3.8, 4) is 0 Å². The number of nitrogens with two attached hydrogens (primary N) is 1. The number of nitrogens with one attached hydrogen (secondary N) is 1. The van der Waals surface area contributed by atoms with Gasteiger partial charge in [-0.1, -0.05) is 17.7 Å². The summed E-state index contributed by atoms with van der Waals surface area (Å²) in [4.78, 5) is 24.9. The molecular weight excluding hydrogens is 278 g/mol. The first-order valence-electron chi connectivity index (χ1n) is 6.11. The summed E-state index contributed by atoms with van der Waals surface area (Å²) in [6.07, 6.45) is 0. The van der Waals surface area contributed by atoms with Gasteiger partial charge in [-0.2, -0.15) is 0 Å². The van der Waals surface area contributed by atoms with Crippen molar-refractivity contribution < 1.29 is 9.59 Å². The number of likely N-dealkylation sites (N-methyl/N-ethyl adjacent to an activating group) is 1.